The van der Waals surface area contributed by atoms with Gasteiger partial charge in [0.25, 0.3) is 0 Å². The highest BCUT2D eigenvalue weighted by atomic mass is 15.3. The standard InChI is InChI=1S/C14H23N3/c1-13(15)11-16-7-9-17(10-8-16)12-14-5-3-2-4-6-14/h2-6,13H,7-12,15H2,1H3/t13-/m0/s1. The lowest BCUT2D eigenvalue weighted by Crippen LogP contribution is -2.48. The molecule has 1 aliphatic rings. The van der Waals surface area contributed by atoms with E-state index in [0.717, 1.165) is 39.3 Å². The zero-order valence-electron chi connectivity index (χ0n) is 10.7. The van der Waals surface area contributed by atoms with Gasteiger partial charge in [-0.15, -0.1) is 0 Å². The number of piperazine rings is 1. The molecule has 1 aromatic rings. The third-order valence-corrected chi connectivity index (χ3v) is 3.26. The van der Waals surface area contributed by atoms with Crippen molar-refractivity contribution in [3.05, 3.63) is 35.9 Å². The van der Waals surface area contributed by atoms with E-state index in [-0.39, 0.29) is 6.04 Å². The normalized spacial score (nSPS) is 20.4. The fourth-order valence-corrected chi connectivity index (χ4v) is 2.38. The van der Waals surface area contributed by atoms with Crippen molar-refractivity contribution in [1.29, 1.82) is 0 Å². The topological polar surface area (TPSA) is 32.5 Å². The SMILES string of the molecule is C[C@H](N)CN1CCN(Cc2ccccc2)CC1. The van der Waals surface area contributed by atoms with Gasteiger partial charge < -0.3 is 5.73 Å². The van der Waals surface area contributed by atoms with Crippen LogP contribution in [0.2, 0.25) is 0 Å². The van der Waals surface area contributed by atoms with Gasteiger partial charge in [0.15, 0.2) is 0 Å². The van der Waals surface area contributed by atoms with Crippen molar-refractivity contribution in [2.45, 2.75) is 19.5 Å². The van der Waals surface area contributed by atoms with E-state index in [1.807, 2.05) is 0 Å². The minimum Gasteiger partial charge on any atom is -0.327 e. The Balaban J connectivity index is 1.76. The fraction of sp³-hybridized carbons (Fsp3) is 0.571. The molecule has 0 aromatic heterocycles. The second-order valence-corrected chi connectivity index (χ2v) is 5.04. The van der Waals surface area contributed by atoms with Crippen LogP contribution in [-0.4, -0.2) is 48.6 Å². The van der Waals surface area contributed by atoms with Crippen molar-refractivity contribution in [3.63, 3.8) is 0 Å². The summed E-state index contributed by atoms with van der Waals surface area (Å²) in [5, 5.41) is 0. The summed E-state index contributed by atoms with van der Waals surface area (Å²) in [6.07, 6.45) is 0. The van der Waals surface area contributed by atoms with Crippen LogP contribution >= 0.6 is 0 Å². The maximum absolute atomic E-state index is 5.83. The number of nitrogens with two attached hydrogens (primary N) is 1. The van der Waals surface area contributed by atoms with Crippen molar-refractivity contribution in [3.8, 4) is 0 Å². The van der Waals surface area contributed by atoms with E-state index in [1.54, 1.807) is 0 Å². The zero-order valence-corrected chi connectivity index (χ0v) is 10.7. The minimum atomic E-state index is 0.288. The van der Waals surface area contributed by atoms with Crippen molar-refractivity contribution < 1.29 is 0 Å². The van der Waals surface area contributed by atoms with Gasteiger partial charge in [0.2, 0.25) is 0 Å². The summed E-state index contributed by atoms with van der Waals surface area (Å²) < 4.78 is 0. The van der Waals surface area contributed by atoms with Gasteiger partial charge in [0.1, 0.15) is 0 Å². The molecule has 0 unspecified atom stereocenters. The Morgan fingerprint density at radius 2 is 1.65 bits per heavy atom. The number of hydrogen-bond donors (Lipinski definition) is 1. The number of rotatable bonds is 4. The van der Waals surface area contributed by atoms with Gasteiger partial charge >= 0.3 is 0 Å². The Bertz CT molecular complexity index is 315. The molecule has 17 heavy (non-hydrogen) atoms. The van der Waals surface area contributed by atoms with E-state index in [0.29, 0.717) is 0 Å². The van der Waals surface area contributed by atoms with Crippen molar-refractivity contribution in [1.82, 2.24) is 9.80 Å². The van der Waals surface area contributed by atoms with E-state index in [2.05, 4.69) is 47.1 Å². The van der Waals surface area contributed by atoms with E-state index in [9.17, 15) is 0 Å². The van der Waals surface area contributed by atoms with Gasteiger partial charge in [0.05, 0.1) is 0 Å². The van der Waals surface area contributed by atoms with Crippen LogP contribution in [0.3, 0.4) is 0 Å². The van der Waals surface area contributed by atoms with Gasteiger partial charge in [-0.05, 0) is 12.5 Å². The van der Waals surface area contributed by atoms with Gasteiger partial charge in [-0.1, -0.05) is 30.3 Å². The van der Waals surface area contributed by atoms with Crippen molar-refractivity contribution in [2.24, 2.45) is 5.73 Å². The van der Waals surface area contributed by atoms with E-state index in [1.165, 1.54) is 5.56 Å². The molecular weight excluding hydrogens is 210 g/mol. The Labute approximate surface area is 104 Å². The summed E-state index contributed by atoms with van der Waals surface area (Å²) in [5.74, 6) is 0. The fourth-order valence-electron chi connectivity index (χ4n) is 2.38. The van der Waals surface area contributed by atoms with Gasteiger partial charge in [0, 0.05) is 45.3 Å². The molecule has 2 rings (SSSR count). The van der Waals surface area contributed by atoms with Crippen LogP contribution in [0, 0.1) is 0 Å². The van der Waals surface area contributed by atoms with E-state index in [4.69, 9.17) is 5.73 Å². The van der Waals surface area contributed by atoms with Crippen LogP contribution in [0.4, 0.5) is 0 Å². The number of hydrogen-bond acceptors (Lipinski definition) is 3. The van der Waals surface area contributed by atoms with Crippen LogP contribution in [0.1, 0.15) is 12.5 Å². The smallest absolute Gasteiger partial charge is 0.0234 e. The molecule has 94 valence electrons. The third-order valence-electron chi connectivity index (χ3n) is 3.26. The molecule has 0 bridgehead atoms. The van der Waals surface area contributed by atoms with Crippen molar-refractivity contribution >= 4 is 0 Å². The van der Waals surface area contributed by atoms with Crippen LogP contribution in [-0.2, 0) is 6.54 Å². The average molecular weight is 233 g/mol. The Hall–Kier alpha value is -0.900. The quantitative estimate of drug-likeness (QED) is 0.847. The van der Waals surface area contributed by atoms with Crippen LogP contribution in [0.5, 0.6) is 0 Å². The lowest BCUT2D eigenvalue weighted by molar-refractivity contribution is 0.123. The molecule has 2 N–H and O–H groups in total. The van der Waals surface area contributed by atoms with Crippen LogP contribution < -0.4 is 5.73 Å². The summed E-state index contributed by atoms with van der Waals surface area (Å²) in [6, 6.07) is 11.0. The summed E-state index contributed by atoms with van der Waals surface area (Å²) in [5.41, 5.74) is 7.24. The molecule has 1 fully saturated rings. The summed E-state index contributed by atoms with van der Waals surface area (Å²) >= 11 is 0. The largest absolute Gasteiger partial charge is 0.327 e. The molecule has 0 aliphatic carbocycles. The zero-order chi connectivity index (χ0) is 12.1. The molecule has 1 aliphatic heterocycles. The number of nitrogens with zero attached hydrogens (tertiary/aromatic N) is 2. The molecule has 3 nitrogen and oxygen atoms in total. The predicted molar refractivity (Wildman–Crippen MR) is 71.8 cm³/mol. The van der Waals surface area contributed by atoms with Gasteiger partial charge in [-0.25, -0.2) is 0 Å². The molecular formula is C14H23N3. The first-order valence-electron chi connectivity index (χ1n) is 6.48. The molecule has 0 radical (unpaired) electrons. The van der Waals surface area contributed by atoms with E-state index >= 15 is 0 Å². The molecule has 1 atom stereocenters. The highest BCUT2D eigenvalue weighted by Gasteiger charge is 2.17. The third kappa shape index (κ3) is 4.11. The molecule has 0 spiro atoms. The van der Waals surface area contributed by atoms with Crippen molar-refractivity contribution in [2.75, 3.05) is 32.7 Å². The highest BCUT2D eigenvalue weighted by molar-refractivity contribution is 5.14. The maximum atomic E-state index is 5.83. The van der Waals surface area contributed by atoms with Crippen LogP contribution in [0.15, 0.2) is 30.3 Å². The minimum absolute atomic E-state index is 0.288. The molecule has 1 aromatic carbocycles. The Kier molecular flexibility index (Phi) is 4.54. The Morgan fingerprint density at radius 1 is 1.06 bits per heavy atom. The van der Waals surface area contributed by atoms with Gasteiger partial charge in [-0.2, -0.15) is 0 Å². The molecule has 0 amide bonds. The average Bonchev–Trinajstić information content (AvgIpc) is 2.32. The Morgan fingerprint density at radius 3 is 2.24 bits per heavy atom. The molecule has 3 heteroatoms. The molecule has 1 saturated heterocycles. The van der Waals surface area contributed by atoms with Gasteiger partial charge in [-0.3, -0.25) is 9.80 Å². The molecule has 0 saturated carbocycles. The first kappa shape index (κ1) is 12.6. The second kappa shape index (κ2) is 6.15. The second-order valence-electron chi connectivity index (χ2n) is 5.04. The summed E-state index contributed by atoms with van der Waals surface area (Å²) in [7, 11) is 0. The maximum Gasteiger partial charge on any atom is 0.0234 e. The first-order valence-corrected chi connectivity index (χ1v) is 6.48. The summed E-state index contributed by atoms with van der Waals surface area (Å²) in [4.78, 5) is 4.99. The highest BCUT2D eigenvalue weighted by Crippen LogP contribution is 2.08. The molecule has 1 heterocycles. The monoisotopic (exact) mass is 233 g/mol. The van der Waals surface area contributed by atoms with E-state index < -0.39 is 0 Å². The lowest BCUT2D eigenvalue weighted by atomic mass is 10.2. The predicted octanol–water partition coefficient (Wildman–Crippen LogP) is 1.15. The number of benzene rings is 1. The lowest BCUT2D eigenvalue weighted by Gasteiger charge is -2.35. The van der Waals surface area contributed by atoms with Crippen LogP contribution in [0.25, 0.3) is 0 Å². The first-order chi connectivity index (χ1) is 8.24. The summed E-state index contributed by atoms with van der Waals surface area (Å²) in [6.45, 7) is 8.79.